The van der Waals surface area contributed by atoms with Crippen LogP contribution < -0.4 is 15.4 Å². The molecule has 7 heteroatoms. The first-order valence-corrected chi connectivity index (χ1v) is 8.50. The summed E-state index contributed by atoms with van der Waals surface area (Å²) in [6.45, 7) is 6.97. The molecule has 23 heavy (non-hydrogen) atoms. The maximum atomic E-state index is 11.9. The highest BCUT2D eigenvalue weighted by Gasteiger charge is 2.12. The summed E-state index contributed by atoms with van der Waals surface area (Å²) in [5.41, 5.74) is 1.89. The van der Waals surface area contributed by atoms with Gasteiger partial charge in [-0.1, -0.05) is 13.0 Å². The molecule has 0 fully saturated rings. The van der Waals surface area contributed by atoms with Crippen LogP contribution in [0.15, 0.2) is 23.7 Å². The molecule has 0 aliphatic rings. The summed E-state index contributed by atoms with van der Waals surface area (Å²) >= 11 is 1.54. The molecule has 0 bridgehead atoms. The van der Waals surface area contributed by atoms with E-state index in [9.17, 15) is 4.79 Å². The molecule has 6 nitrogen and oxygen atoms in total. The molecule has 0 saturated heterocycles. The normalized spacial score (nSPS) is 11.8. The standard InChI is InChI=1S/C16H22N4O2S/c1-4-7-22-14-6-5-13(8-17-14)9-18-16(21)20-12(3)15-19-11(2)10-23-15/h5-6,8,10,12H,4,7,9H2,1-3H3,(H2,18,20,21)/t12-/m1/s1. The van der Waals surface area contributed by atoms with Crippen molar-refractivity contribution in [3.05, 3.63) is 40.0 Å². The summed E-state index contributed by atoms with van der Waals surface area (Å²) in [5.74, 6) is 0.604. The van der Waals surface area contributed by atoms with Crippen molar-refractivity contribution in [2.24, 2.45) is 0 Å². The number of carbonyl (C=O) groups is 1. The number of nitrogens with zero attached hydrogens (tertiary/aromatic N) is 2. The lowest BCUT2D eigenvalue weighted by atomic mass is 10.3. The number of aryl methyl sites for hydroxylation is 1. The lowest BCUT2D eigenvalue weighted by molar-refractivity contribution is 0.237. The zero-order valence-electron chi connectivity index (χ0n) is 13.6. The van der Waals surface area contributed by atoms with Crippen LogP contribution in [0.3, 0.4) is 0 Å². The van der Waals surface area contributed by atoms with Crippen LogP contribution in [-0.2, 0) is 6.54 Å². The molecule has 0 radical (unpaired) electrons. The number of ether oxygens (including phenoxy) is 1. The molecule has 0 unspecified atom stereocenters. The van der Waals surface area contributed by atoms with Gasteiger partial charge in [0, 0.05) is 29.9 Å². The van der Waals surface area contributed by atoms with Crippen LogP contribution in [0.2, 0.25) is 0 Å². The Hall–Kier alpha value is -2.15. The molecule has 1 atom stereocenters. The number of aromatic nitrogens is 2. The van der Waals surface area contributed by atoms with Crippen molar-refractivity contribution in [3.8, 4) is 5.88 Å². The second-order valence-corrected chi connectivity index (χ2v) is 6.12. The Balaban J connectivity index is 1.77. The number of carbonyl (C=O) groups excluding carboxylic acids is 1. The van der Waals surface area contributed by atoms with E-state index in [4.69, 9.17) is 4.74 Å². The fraction of sp³-hybridized carbons (Fsp3) is 0.438. The van der Waals surface area contributed by atoms with Crippen molar-refractivity contribution < 1.29 is 9.53 Å². The molecule has 2 aromatic heterocycles. The van der Waals surface area contributed by atoms with Gasteiger partial charge in [0.25, 0.3) is 0 Å². The quantitative estimate of drug-likeness (QED) is 0.815. The third-order valence-electron chi connectivity index (χ3n) is 3.06. The van der Waals surface area contributed by atoms with Gasteiger partial charge in [-0.2, -0.15) is 0 Å². The Morgan fingerprint density at radius 1 is 1.43 bits per heavy atom. The van der Waals surface area contributed by atoms with Gasteiger partial charge in [-0.05, 0) is 25.8 Å². The molecule has 0 aliphatic carbocycles. The predicted octanol–water partition coefficient (Wildman–Crippen LogP) is 3.20. The van der Waals surface area contributed by atoms with Gasteiger partial charge in [-0.25, -0.2) is 14.8 Å². The van der Waals surface area contributed by atoms with Gasteiger partial charge in [0.2, 0.25) is 5.88 Å². The Labute approximate surface area is 140 Å². The molecule has 0 spiro atoms. The zero-order chi connectivity index (χ0) is 16.7. The van der Waals surface area contributed by atoms with Gasteiger partial charge in [-0.3, -0.25) is 0 Å². The van der Waals surface area contributed by atoms with Crippen LogP contribution in [0.25, 0.3) is 0 Å². The Bertz CT molecular complexity index is 627. The van der Waals surface area contributed by atoms with Crippen LogP contribution in [0.4, 0.5) is 4.79 Å². The Morgan fingerprint density at radius 3 is 2.87 bits per heavy atom. The number of rotatable bonds is 7. The van der Waals surface area contributed by atoms with E-state index in [0.717, 1.165) is 22.7 Å². The third kappa shape index (κ3) is 5.52. The van der Waals surface area contributed by atoms with Crippen molar-refractivity contribution in [1.82, 2.24) is 20.6 Å². The fourth-order valence-electron chi connectivity index (χ4n) is 1.87. The van der Waals surface area contributed by atoms with Gasteiger partial charge in [0.05, 0.1) is 12.6 Å². The highest BCUT2D eigenvalue weighted by molar-refractivity contribution is 7.09. The molecule has 2 rings (SSSR count). The summed E-state index contributed by atoms with van der Waals surface area (Å²) in [4.78, 5) is 20.5. The molecule has 0 aromatic carbocycles. The first-order valence-electron chi connectivity index (χ1n) is 7.62. The minimum atomic E-state index is -0.225. The van der Waals surface area contributed by atoms with Gasteiger partial charge in [0.1, 0.15) is 5.01 Å². The van der Waals surface area contributed by atoms with Crippen LogP contribution in [0.1, 0.15) is 42.6 Å². The Morgan fingerprint density at radius 2 is 2.26 bits per heavy atom. The number of hydrogen-bond acceptors (Lipinski definition) is 5. The zero-order valence-corrected chi connectivity index (χ0v) is 14.4. The van der Waals surface area contributed by atoms with Crippen molar-refractivity contribution >= 4 is 17.4 Å². The molecule has 2 amide bonds. The minimum Gasteiger partial charge on any atom is -0.478 e. The second kappa shape index (κ2) is 8.47. The van der Waals surface area contributed by atoms with Crippen molar-refractivity contribution in [3.63, 3.8) is 0 Å². The molecule has 2 N–H and O–H groups in total. The van der Waals surface area contributed by atoms with Gasteiger partial charge in [0.15, 0.2) is 0 Å². The number of nitrogens with one attached hydrogen (secondary N) is 2. The lowest BCUT2D eigenvalue weighted by Crippen LogP contribution is -2.36. The number of pyridine rings is 1. The summed E-state index contributed by atoms with van der Waals surface area (Å²) < 4.78 is 5.42. The summed E-state index contributed by atoms with van der Waals surface area (Å²) in [7, 11) is 0. The number of thiazole rings is 1. The maximum absolute atomic E-state index is 11.9. The fourth-order valence-corrected chi connectivity index (χ4v) is 2.67. The van der Waals surface area contributed by atoms with E-state index in [1.54, 1.807) is 17.5 Å². The van der Waals surface area contributed by atoms with Gasteiger partial charge < -0.3 is 15.4 Å². The maximum Gasteiger partial charge on any atom is 0.315 e. The molecule has 2 heterocycles. The summed E-state index contributed by atoms with van der Waals surface area (Å²) in [6.07, 6.45) is 2.65. The Kier molecular flexibility index (Phi) is 6.34. The smallest absolute Gasteiger partial charge is 0.315 e. The molecule has 124 valence electrons. The number of urea groups is 1. The SMILES string of the molecule is CCCOc1ccc(CNC(=O)N[C@H](C)c2nc(C)cs2)cn1. The van der Waals surface area contributed by atoms with Gasteiger partial charge in [-0.15, -0.1) is 11.3 Å². The topological polar surface area (TPSA) is 76.1 Å². The van der Waals surface area contributed by atoms with E-state index in [1.165, 1.54) is 0 Å². The van der Waals surface area contributed by atoms with E-state index in [-0.39, 0.29) is 12.1 Å². The van der Waals surface area contributed by atoms with E-state index >= 15 is 0 Å². The molecule has 2 aromatic rings. The largest absolute Gasteiger partial charge is 0.478 e. The van der Waals surface area contributed by atoms with Crippen molar-refractivity contribution in [2.45, 2.75) is 39.8 Å². The van der Waals surface area contributed by atoms with Gasteiger partial charge >= 0.3 is 6.03 Å². The molecule has 0 aliphatic heterocycles. The van der Waals surface area contributed by atoms with Crippen LogP contribution in [0, 0.1) is 6.92 Å². The highest BCUT2D eigenvalue weighted by Crippen LogP contribution is 2.17. The minimum absolute atomic E-state index is 0.114. The van der Waals surface area contributed by atoms with E-state index in [0.29, 0.717) is 19.0 Å². The molecular weight excluding hydrogens is 312 g/mol. The second-order valence-electron chi connectivity index (χ2n) is 5.23. The monoisotopic (exact) mass is 334 g/mol. The summed E-state index contributed by atoms with van der Waals surface area (Å²) in [6, 6.07) is 3.37. The lowest BCUT2D eigenvalue weighted by Gasteiger charge is -2.12. The van der Waals surface area contributed by atoms with Crippen LogP contribution in [0.5, 0.6) is 5.88 Å². The van der Waals surface area contributed by atoms with Crippen LogP contribution in [-0.4, -0.2) is 22.6 Å². The van der Waals surface area contributed by atoms with E-state index in [1.807, 2.05) is 38.3 Å². The average molecular weight is 334 g/mol. The molecule has 0 saturated carbocycles. The van der Waals surface area contributed by atoms with Crippen molar-refractivity contribution in [2.75, 3.05) is 6.61 Å². The third-order valence-corrected chi connectivity index (χ3v) is 4.20. The number of amides is 2. The van der Waals surface area contributed by atoms with Crippen molar-refractivity contribution in [1.29, 1.82) is 0 Å². The highest BCUT2D eigenvalue weighted by atomic mass is 32.1. The average Bonchev–Trinajstić information content (AvgIpc) is 2.98. The molecular formula is C16H22N4O2S. The van der Waals surface area contributed by atoms with E-state index in [2.05, 4.69) is 20.6 Å². The number of hydrogen-bond donors (Lipinski definition) is 2. The van der Waals surface area contributed by atoms with Crippen LogP contribution >= 0.6 is 11.3 Å². The first-order chi connectivity index (χ1) is 11.1. The summed E-state index contributed by atoms with van der Waals surface area (Å²) in [5, 5.41) is 8.56. The van der Waals surface area contributed by atoms with E-state index < -0.39 is 0 Å². The predicted molar refractivity (Wildman–Crippen MR) is 90.7 cm³/mol. The first kappa shape index (κ1) is 17.2.